The number of likely N-dealkylation sites (tertiary alicyclic amines) is 1. The van der Waals surface area contributed by atoms with Gasteiger partial charge in [0.15, 0.2) is 11.6 Å². The van der Waals surface area contributed by atoms with Crippen molar-refractivity contribution in [3.63, 3.8) is 0 Å². The van der Waals surface area contributed by atoms with Crippen molar-refractivity contribution in [3.8, 4) is 0 Å². The highest BCUT2D eigenvalue weighted by atomic mass is 19.4. The molecule has 0 unspecified atom stereocenters. The molecule has 0 saturated carbocycles. The van der Waals surface area contributed by atoms with Gasteiger partial charge in [-0.05, 0) is 44.1 Å². The van der Waals surface area contributed by atoms with E-state index in [-0.39, 0.29) is 35.8 Å². The van der Waals surface area contributed by atoms with E-state index in [2.05, 4.69) is 21.3 Å². The number of rotatable bonds is 15. The fourth-order valence-electron chi connectivity index (χ4n) is 6.12. The highest BCUT2D eigenvalue weighted by Crippen LogP contribution is 2.32. The predicted molar refractivity (Wildman–Crippen MR) is 192 cm³/mol. The molecule has 0 bridgehead atoms. The third-order valence-corrected chi connectivity index (χ3v) is 8.70. The summed E-state index contributed by atoms with van der Waals surface area (Å²) in [5.41, 5.74) is 7.88. The van der Waals surface area contributed by atoms with E-state index in [1.807, 2.05) is 20.8 Å². The molecule has 2 aromatic rings. The van der Waals surface area contributed by atoms with E-state index < -0.39 is 42.1 Å². The maximum Gasteiger partial charge on any atom is 0.490 e. The minimum Gasteiger partial charge on any atom is -0.475 e. The van der Waals surface area contributed by atoms with Gasteiger partial charge in [0.2, 0.25) is 23.6 Å². The molecule has 2 aromatic carbocycles. The zero-order valence-electron chi connectivity index (χ0n) is 30.4. The second kappa shape index (κ2) is 19.7. The van der Waals surface area contributed by atoms with E-state index in [1.165, 1.54) is 4.90 Å². The molecule has 2 aliphatic rings. The summed E-state index contributed by atoms with van der Waals surface area (Å²) in [5, 5.41) is 18.6. The Balaban J connectivity index is 0.00000102. The van der Waals surface area contributed by atoms with Crippen molar-refractivity contribution >= 4 is 46.9 Å². The van der Waals surface area contributed by atoms with Gasteiger partial charge in [-0.3, -0.25) is 28.8 Å². The molecule has 0 spiro atoms. The molecule has 54 heavy (non-hydrogen) atoms. The molecular weight excluding hydrogens is 713 g/mol. The number of amides is 4. The number of ketones is 2. The van der Waals surface area contributed by atoms with Crippen LogP contribution in [0.4, 0.5) is 18.9 Å². The predicted octanol–water partition coefficient (Wildman–Crippen LogP) is 2.78. The van der Waals surface area contributed by atoms with Gasteiger partial charge in [-0.2, -0.15) is 13.2 Å². The van der Waals surface area contributed by atoms with Crippen LogP contribution in [0.1, 0.15) is 91.1 Å². The van der Waals surface area contributed by atoms with Crippen LogP contribution in [0.3, 0.4) is 0 Å². The Hall–Kier alpha value is -5.32. The molecule has 7 N–H and O–H groups in total. The summed E-state index contributed by atoms with van der Waals surface area (Å²) >= 11 is 0. The number of nitrogens with zero attached hydrogens (tertiary/aromatic N) is 1. The van der Waals surface area contributed by atoms with Crippen LogP contribution in [0, 0.1) is 5.92 Å². The molecule has 4 rings (SSSR count). The standard InChI is InChI=1S/C35H46N6O6.C2HF3O2/c1-4-10-25(36)33(45)39-20-29(42)40-27(19-21(2)3)35(47)41-18-8-15-28(41)34(46)38-17-9-16-37-26-14-7-13-24-30(26)32(44)23-12-6-5-11-22(23)31(24)43;3-2(4,5)1(6)7/h5-7,11-14,21,25,27-28,37H,4,8-10,15-20,36H2,1-3H3,(H,38,46)(H,39,45)(H,40,42);(H,6,7)/t25-,27-,28-;/m0./s1. The Labute approximate surface area is 310 Å². The smallest absolute Gasteiger partial charge is 0.475 e. The summed E-state index contributed by atoms with van der Waals surface area (Å²) in [5.74, 6) is -4.56. The molecule has 1 fully saturated rings. The number of carbonyl (C=O) groups excluding carboxylic acids is 6. The lowest BCUT2D eigenvalue weighted by Crippen LogP contribution is -2.55. The summed E-state index contributed by atoms with van der Waals surface area (Å²) in [6.07, 6.45) is -1.75. The van der Waals surface area contributed by atoms with Gasteiger partial charge >= 0.3 is 12.1 Å². The van der Waals surface area contributed by atoms with Gasteiger partial charge in [0, 0.05) is 42.0 Å². The monoisotopic (exact) mass is 760 g/mol. The Morgan fingerprint density at radius 2 is 1.57 bits per heavy atom. The maximum atomic E-state index is 13.6. The van der Waals surface area contributed by atoms with Gasteiger partial charge < -0.3 is 37.0 Å². The molecule has 4 amide bonds. The second-order valence-corrected chi connectivity index (χ2v) is 13.4. The summed E-state index contributed by atoms with van der Waals surface area (Å²) < 4.78 is 31.7. The van der Waals surface area contributed by atoms with Crippen LogP contribution in [0.2, 0.25) is 0 Å². The number of fused-ring (bicyclic) bond motifs is 2. The quantitative estimate of drug-likeness (QED) is 0.125. The number of benzene rings is 2. The minimum absolute atomic E-state index is 0.0950. The van der Waals surface area contributed by atoms with Gasteiger partial charge in [-0.25, -0.2) is 4.79 Å². The van der Waals surface area contributed by atoms with Crippen molar-refractivity contribution in [2.24, 2.45) is 11.7 Å². The van der Waals surface area contributed by atoms with Gasteiger partial charge in [0.1, 0.15) is 12.1 Å². The molecule has 17 heteroatoms. The lowest BCUT2D eigenvalue weighted by atomic mass is 9.83. The Kier molecular flexibility index (Phi) is 15.7. The molecule has 294 valence electrons. The zero-order valence-corrected chi connectivity index (χ0v) is 30.4. The lowest BCUT2D eigenvalue weighted by Gasteiger charge is -2.29. The van der Waals surface area contributed by atoms with Crippen LogP contribution in [0.5, 0.6) is 0 Å². The molecular formula is C37H47F3N6O8. The zero-order chi connectivity index (χ0) is 40.2. The van der Waals surface area contributed by atoms with E-state index >= 15 is 0 Å². The number of carboxylic acid groups (broad SMARTS) is 1. The Bertz CT molecular complexity index is 1720. The molecule has 1 saturated heterocycles. The van der Waals surface area contributed by atoms with Crippen molar-refractivity contribution in [1.29, 1.82) is 0 Å². The first-order valence-electron chi connectivity index (χ1n) is 17.7. The topological polar surface area (TPSA) is 217 Å². The molecule has 0 aromatic heterocycles. The van der Waals surface area contributed by atoms with Gasteiger partial charge in [-0.1, -0.05) is 63.6 Å². The lowest BCUT2D eigenvalue weighted by molar-refractivity contribution is -0.192. The number of nitrogens with one attached hydrogen (secondary N) is 4. The van der Waals surface area contributed by atoms with Crippen molar-refractivity contribution in [2.45, 2.75) is 83.6 Å². The number of carboxylic acids is 1. The number of hydrogen-bond donors (Lipinski definition) is 6. The van der Waals surface area contributed by atoms with E-state index in [0.717, 1.165) is 6.42 Å². The summed E-state index contributed by atoms with van der Waals surface area (Å²) in [6, 6.07) is 9.77. The van der Waals surface area contributed by atoms with E-state index in [1.54, 1.807) is 42.5 Å². The molecule has 0 radical (unpaired) electrons. The van der Waals surface area contributed by atoms with E-state index in [0.29, 0.717) is 79.7 Å². The first-order chi connectivity index (χ1) is 25.5. The highest BCUT2D eigenvalue weighted by Gasteiger charge is 2.39. The molecule has 1 aliphatic heterocycles. The Morgan fingerprint density at radius 3 is 2.19 bits per heavy atom. The molecule has 1 aliphatic carbocycles. The second-order valence-electron chi connectivity index (χ2n) is 13.4. The number of alkyl halides is 3. The number of aliphatic carboxylic acids is 1. The van der Waals surface area contributed by atoms with Crippen LogP contribution in [0.15, 0.2) is 42.5 Å². The molecule has 1 heterocycles. The number of carbonyl (C=O) groups is 7. The average molecular weight is 761 g/mol. The fourth-order valence-corrected chi connectivity index (χ4v) is 6.12. The van der Waals surface area contributed by atoms with Gasteiger partial charge in [0.25, 0.3) is 0 Å². The van der Waals surface area contributed by atoms with Gasteiger partial charge in [0.05, 0.1) is 18.2 Å². The highest BCUT2D eigenvalue weighted by molar-refractivity contribution is 6.30. The van der Waals surface area contributed by atoms with E-state index in [4.69, 9.17) is 15.6 Å². The van der Waals surface area contributed by atoms with Crippen molar-refractivity contribution in [3.05, 3.63) is 64.7 Å². The van der Waals surface area contributed by atoms with Crippen molar-refractivity contribution < 1.29 is 51.8 Å². The first kappa shape index (κ1) is 43.1. The van der Waals surface area contributed by atoms with E-state index in [9.17, 15) is 41.9 Å². The molecule has 3 atom stereocenters. The number of hydrogen-bond acceptors (Lipinski definition) is 9. The average Bonchev–Trinajstić information content (AvgIpc) is 3.62. The summed E-state index contributed by atoms with van der Waals surface area (Å²) in [4.78, 5) is 88.2. The van der Waals surface area contributed by atoms with Gasteiger partial charge in [-0.15, -0.1) is 0 Å². The van der Waals surface area contributed by atoms with Crippen LogP contribution in [-0.2, 0) is 24.0 Å². The molecule has 14 nitrogen and oxygen atoms in total. The summed E-state index contributed by atoms with van der Waals surface area (Å²) in [6.45, 7) is 6.68. The minimum atomic E-state index is -5.08. The van der Waals surface area contributed by atoms with Crippen molar-refractivity contribution in [1.82, 2.24) is 20.9 Å². The number of halogens is 3. The Morgan fingerprint density at radius 1 is 0.944 bits per heavy atom. The largest absolute Gasteiger partial charge is 0.490 e. The van der Waals surface area contributed by atoms with Crippen molar-refractivity contribution in [2.75, 3.05) is 31.5 Å². The normalized spacial score (nSPS) is 15.9. The first-order valence-corrected chi connectivity index (χ1v) is 17.7. The number of anilines is 1. The van der Waals surface area contributed by atoms with Crippen LogP contribution < -0.4 is 27.0 Å². The summed E-state index contributed by atoms with van der Waals surface area (Å²) in [7, 11) is 0. The van der Waals surface area contributed by atoms with Crippen LogP contribution >= 0.6 is 0 Å². The third-order valence-electron chi connectivity index (χ3n) is 8.70. The maximum absolute atomic E-state index is 13.6. The third kappa shape index (κ3) is 11.6. The SMILES string of the molecule is CCC[C@H](N)C(=O)NCC(=O)N[C@@H](CC(C)C)C(=O)N1CCC[C@H]1C(=O)NCCCNc1cccc2c1C(=O)c1ccccc1C2=O.O=C(O)C(F)(F)F. The number of nitrogens with two attached hydrogens (primary N) is 1. The van der Waals surface area contributed by atoms with Crippen LogP contribution in [0.25, 0.3) is 0 Å². The fraction of sp³-hybridized carbons (Fsp3) is 0.486. The van der Waals surface area contributed by atoms with Crippen LogP contribution in [-0.4, -0.2) is 102 Å².